The van der Waals surface area contributed by atoms with E-state index in [1.54, 1.807) is 7.11 Å². The first-order valence-electron chi connectivity index (χ1n) is 4.77. The Bertz CT molecular complexity index is 151. The summed E-state index contributed by atoms with van der Waals surface area (Å²) in [5, 5.41) is 0. The smallest absolute Gasteiger partial charge is 0.0968 e. The second-order valence-electron chi connectivity index (χ2n) is 3.65. The third-order valence-corrected chi connectivity index (χ3v) is 2.68. The summed E-state index contributed by atoms with van der Waals surface area (Å²) in [6.07, 6.45) is 3.57. The summed E-state index contributed by atoms with van der Waals surface area (Å²) in [5.74, 6) is 0. The Morgan fingerprint density at radius 1 is 1.50 bits per heavy atom. The molecule has 0 radical (unpaired) electrons. The summed E-state index contributed by atoms with van der Waals surface area (Å²) in [5.41, 5.74) is 0. The topological polar surface area (TPSA) is 25.0 Å². The van der Waals surface area contributed by atoms with Gasteiger partial charge in [0.25, 0.3) is 0 Å². The van der Waals surface area contributed by atoms with Crippen molar-refractivity contribution in [2.24, 2.45) is 0 Å². The zero-order valence-corrected chi connectivity index (χ0v) is 7.66. The van der Waals surface area contributed by atoms with E-state index in [4.69, 9.17) is 9.47 Å². The average molecular weight is 171 g/mol. The van der Waals surface area contributed by atoms with Crippen LogP contribution in [0.3, 0.4) is 0 Å². The van der Waals surface area contributed by atoms with Gasteiger partial charge in [-0.15, -0.1) is 0 Å². The van der Waals surface area contributed by atoms with Gasteiger partial charge in [-0.3, -0.25) is 0 Å². The molecule has 70 valence electrons. The van der Waals surface area contributed by atoms with Gasteiger partial charge in [0.1, 0.15) is 0 Å². The number of hydrogen-bond donors (Lipinski definition) is 0. The lowest BCUT2D eigenvalue weighted by Gasteiger charge is -2.23. The van der Waals surface area contributed by atoms with Crippen LogP contribution in [-0.2, 0) is 9.47 Å². The Balaban J connectivity index is 1.61. The number of nitrogens with zero attached hydrogens (tertiary/aromatic N) is 1. The zero-order valence-electron chi connectivity index (χ0n) is 7.66. The Morgan fingerprint density at radius 3 is 3.17 bits per heavy atom. The molecule has 3 nitrogen and oxygen atoms in total. The first kappa shape index (κ1) is 8.48. The molecule has 0 aromatic rings. The van der Waals surface area contributed by atoms with Gasteiger partial charge in [-0.25, -0.2) is 0 Å². The van der Waals surface area contributed by atoms with E-state index in [9.17, 15) is 0 Å². The predicted molar refractivity (Wildman–Crippen MR) is 46.2 cm³/mol. The van der Waals surface area contributed by atoms with E-state index in [-0.39, 0.29) is 0 Å². The molecule has 2 fully saturated rings. The number of ether oxygens (including phenoxy) is 2. The highest BCUT2D eigenvalue weighted by Gasteiger charge is 2.42. The normalized spacial score (nSPS) is 34.8. The summed E-state index contributed by atoms with van der Waals surface area (Å²) in [6, 6.07) is 0. The van der Waals surface area contributed by atoms with Crippen molar-refractivity contribution in [2.75, 3.05) is 33.4 Å². The highest BCUT2D eigenvalue weighted by Crippen LogP contribution is 2.30. The minimum absolute atomic E-state index is 0.571. The molecule has 2 saturated heterocycles. The summed E-state index contributed by atoms with van der Waals surface area (Å²) in [4.78, 5) is 2.48. The molecule has 0 N–H and O–H groups in total. The predicted octanol–water partition coefficient (Wildman–Crippen LogP) is 0.496. The molecule has 0 saturated carbocycles. The molecule has 12 heavy (non-hydrogen) atoms. The summed E-state index contributed by atoms with van der Waals surface area (Å²) in [6.45, 7) is 4.41. The van der Waals surface area contributed by atoms with Crippen LogP contribution in [-0.4, -0.2) is 50.5 Å². The molecule has 0 aromatic carbocycles. The number of rotatable bonds is 4. The van der Waals surface area contributed by atoms with Crippen LogP contribution in [0.2, 0.25) is 0 Å². The van der Waals surface area contributed by atoms with Crippen LogP contribution < -0.4 is 0 Å². The van der Waals surface area contributed by atoms with Gasteiger partial charge in [0.15, 0.2) is 0 Å². The van der Waals surface area contributed by atoms with Crippen LogP contribution in [0.1, 0.15) is 12.8 Å². The molecule has 0 unspecified atom stereocenters. The van der Waals surface area contributed by atoms with Crippen molar-refractivity contribution >= 4 is 0 Å². The number of hydrogen-bond acceptors (Lipinski definition) is 3. The van der Waals surface area contributed by atoms with Gasteiger partial charge in [0, 0.05) is 33.4 Å². The molecule has 0 aromatic heterocycles. The second kappa shape index (κ2) is 3.73. The van der Waals surface area contributed by atoms with Crippen LogP contribution in [0.4, 0.5) is 0 Å². The Kier molecular flexibility index (Phi) is 2.63. The molecule has 2 aliphatic rings. The second-order valence-corrected chi connectivity index (χ2v) is 3.65. The maximum Gasteiger partial charge on any atom is 0.0968 e. The number of likely N-dealkylation sites (tertiary alicyclic amines) is 1. The van der Waals surface area contributed by atoms with Gasteiger partial charge in [0.2, 0.25) is 0 Å². The number of fused-ring (bicyclic) bond motifs is 1. The number of epoxide rings is 1. The van der Waals surface area contributed by atoms with Crippen molar-refractivity contribution in [1.29, 1.82) is 0 Å². The minimum atomic E-state index is 0.571. The Morgan fingerprint density at radius 2 is 2.42 bits per heavy atom. The molecular weight excluding hydrogens is 154 g/mol. The fourth-order valence-electron chi connectivity index (χ4n) is 1.88. The fraction of sp³-hybridized carbons (Fsp3) is 1.00. The molecular formula is C9H17NO2. The van der Waals surface area contributed by atoms with E-state index in [0.717, 1.165) is 19.6 Å². The first-order chi connectivity index (χ1) is 5.90. The van der Waals surface area contributed by atoms with Crippen molar-refractivity contribution in [1.82, 2.24) is 4.90 Å². The minimum Gasteiger partial charge on any atom is -0.385 e. The van der Waals surface area contributed by atoms with Crippen molar-refractivity contribution in [3.8, 4) is 0 Å². The zero-order chi connectivity index (χ0) is 8.39. The maximum atomic E-state index is 5.44. The van der Waals surface area contributed by atoms with Crippen molar-refractivity contribution in [3.05, 3.63) is 0 Å². The average Bonchev–Trinajstić information content (AvgIpc) is 2.83. The first-order valence-corrected chi connectivity index (χ1v) is 4.77. The molecule has 2 rings (SSSR count). The monoisotopic (exact) mass is 171 g/mol. The van der Waals surface area contributed by atoms with Crippen LogP contribution in [0.5, 0.6) is 0 Å². The van der Waals surface area contributed by atoms with Gasteiger partial charge in [-0.1, -0.05) is 0 Å². The van der Waals surface area contributed by atoms with Crippen LogP contribution >= 0.6 is 0 Å². The van der Waals surface area contributed by atoms with Crippen LogP contribution in [0.25, 0.3) is 0 Å². The lowest BCUT2D eigenvalue weighted by molar-refractivity contribution is 0.166. The Hall–Kier alpha value is -0.120. The van der Waals surface area contributed by atoms with Gasteiger partial charge >= 0.3 is 0 Å². The maximum absolute atomic E-state index is 5.44. The summed E-state index contributed by atoms with van der Waals surface area (Å²) in [7, 11) is 1.76. The summed E-state index contributed by atoms with van der Waals surface area (Å²) >= 11 is 0. The highest BCUT2D eigenvalue weighted by atomic mass is 16.6. The van der Waals surface area contributed by atoms with Crippen molar-refractivity contribution < 1.29 is 9.47 Å². The van der Waals surface area contributed by atoms with Gasteiger partial charge < -0.3 is 14.4 Å². The molecule has 0 aliphatic carbocycles. The molecule has 2 atom stereocenters. The fourth-order valence-corrected chi connectivity index (χ4v) is 1.88. The van der Waals surface area contributed by atoms with E-state index >= 15 is 0 Å². The molecule has 0 amide bonds. The summed E-state index contributed by atoms with van der Waals surface area (Å²) < 4.78 is 10.5. The van der Waals surface area contributed by atoms with Crippen LogP contribution in [0, 0.1) is 0 Å². The standard InChI is InChI=1S/C9H17NO2/c1-11-6-2-4-10-5-3-8-9(7-10)12-8/h8-9H,2-7H2,1H3/t8-,9-/m0/s1. The lowest BCUT2D eigenvalue weighted by atomic mass is 10.1. The van der Waals surface area contributed by atoms with E-state index in [1.807, 2.05) is 0 Å². The third-order valence-electron chi connectivity index (χ3n) is 2.68. The van der Waals surface area contributed by atoms with Gasteiger partial charge in [-0.05, 0) is 12.8 Å². The van der Waals surface area contributed by atoms with E-state index in [2.05, 4.69) is 4.90 Å². The lowest BCUT2D eigenvalue weighted by Crippen LogP contribution is -2.35. The van der Waals surface area contributed by atoms with E-state index < -0.39 is 0 Å². The molecule has 0 bridgehead atoms. The molecule has 3 heteroatoms. The van der Waals surface area contributed by atoms with E-state index in [1.165, 1.54) is 19.5 Å². The third kappa shape index (κ3) is 1.97. The highest BCUT2D eigenvalue weighted by molar-refractivity contribution is 4.92. The molecule has 2 aliphatic heterocycles. The molecule has 0 spiro atoms. The SMILES string of the molecule is COCCCN1CC[C@@H]2O[C@H]2C1. The quantitative estimate of drug-likeness (QED) is 0.455. The molecule has 2 heterocycles. The van der Waals surface area contributed by atoms with Crippen LogP contribution in [0.15, 0.2) is 0 Å². The largest absolute Gasteiger partial charge is 0.385 e. The van der Waals surface area contributed by atoms with Gasteiger partial charge in [0.05, 0.1) is 12.2 Å². The van der Waals surface area contributed by atoms with Crippen molar-refractivity contribution in [2.45, 2.75) is 25.0 Å². The number of methoxy groups -OCH3 is 1. The van der Waals surface area contributed by atoms with E-state index in [0.29, 0.717) is 12.2 Å². The van der Waals surface area contributed by atoms with Crippen molar-refractivity contribution in [3.63, 3.8) is 0 Å². The number of piperidine rings is 1. The Labute approximate surface area is 73.6 Å². The van der Waals surface area contributed by atoms with Gasteiger partial charge in [-0.2, -0.15) is 0 Å².